The van der Waals surface area contributed by atoms with Crippen LogP contribution in [-0.4, -0.2) is 18.0 Å². The average molecular weight is 274 g/mol. The van der Waals surface area contributed by atoms with Crippen molar-refractivity contribution in [3.8, 4) is 0 Å². The van der Waals surface area contributed by atoms with E-state index in [1.165, 1.54) is 6.92 Å². The van der Waals surface area contributed by atoms with Crippen molar-refractivity contribution in [3.63, 3.8) is 0 Å². The lowest BCUT2D eigenvalue weighted by Crippen LogP contribution is -2.25. The van der Waals surface area contributed by atoms with Crippen molar-refractivity contribution in [1.82, 2.24) is 0 Å². The molecule has 2 rings (SSSR count). The molecule has 0 saturated heterocycles. The Bertz CT molecular complexity index is 492. The molecule has 0 aliphatic heterocycles. The van der Waals surface area contributed by atoms with E-state index in [0.717, 1.165) is 19.3 Å². The number of carbonyl (C=O) groups is 2. The van der Waals surface area contributed by atoms with E-state index in [2.05, 4.69) is 0 Å². The number of esters is 2. The van der Waals surface area contributed by atoms with Crippen LogP contribution in [0.4, 0.5) is 0 Å². The van der Waals surface area contributed by atoms with Crippen molar-refractivity contribution >= 4 is 11.9 Å². The van der Waals surface area contributed by atoms with Gasteiger partial charge in [-0.05, 0) is 25.3 Å². The molecule has 4 nitrogen and oxygen atoms in total. The van der Waals surface area contributed by atoms with E-state index in [-0.39, 0.29) is 6.10 Å². The smallest absolute Gasteiger partial charge is 0.352 e. The lowest BCUT2D eigenvalue weighted by Gasteiger charge is -2.21. The molecule has 2 atom stereocenters. The Kier molecular flexibility index (Phi) is 4.93. The summed E-state index contributed by atoms with van der Waals surface area (Å²) in [6.07, 6.45) is 5.49. The second-order valence-electron chi connectivity index (χ2n) is 4.73. The van der Waals surface area contributed by atoms with E-state index in [9.17, 15) is 9.59 Å². The lowest BCUT2D eigenvalue weighted by atomic mass is 10.1. The summed E-state index contributed by atoms with van der Waals surface area (Å²) in [5.74, 6) is -1.03. The molecule has 0 radical (unpaired) electrons. The van der Waals surface area contributed by atoms with Gasteiger partial charge < -0.3 is 9.47 Å². The standard InChI is InChI=1S/C16H18O4/c1-12(17)19-15(13-8-4-2-5-9-13)16(18)20-14-10-6-3-7-11-14/h2,4-6,8-10,14-15H,3,7,11H2,1H3. The maximum Gasteiger partial charge on any atom is 0.352 e. The fraction of sp³-hybridized carbons (Fsp3) is 0.375. The quantitative estimate of drug-likeness (QED) is 0.625. The van der Waals surface area contributed by atoms with Crippen LogP contribution in [0.2, 0.25) is 0 Å². The third-order valence-electron chi connectivity index (χ3n) is 3.08. The van der Waals surface area contributed by atoms with Crippen molar-refractivity contribution < 1.29 is 19.1 Å². The minimum absolute atomic E-state index is 0.224. The van der Waals surface area contributed by atoms with Gasteiger partial charge >= 0.3 is 11.9 Å². The predicted molar refractivity (Wildman–Crippen MR) is 73.8 cm³/mol. The van der Waals surface area contributed by atoms with Gasteiger partial charge in [-0.2, -0.15) is 0 Å². The van der Waals surface area contributed by atoms with Gasteiger partial charge in [0.1, 0.15) is 6.10 Å². The molecule has 0 amide bonds. The van der Waals surface area contributed by atoms with E-state index in [4.69, 9.17) is 9.47 Å². The van der Waals surface area contributed by atoms with E-state index >= 15 is 0 Å². The van der Waals surface area contributed by atoms with Crippen LogP contribution >= 0.6 is 0 Å². The van der Waals surface area contributed by atoms with Crippen molar-refractivity contribution in [1.29, 1.82) is 0 Å². The highest BCUT2D eigenvalue weighted by Crippen LogP contribution is 2.22. The number of benzene rings is 1. The first-order chi connectivity index (χ1) is 9.66. The first-order valence-electron chi connectivity index (χ1n) is 6.76. The molecule has 1 aromatic carbocycles. The van der Waals surface area contributed by atoms with Gasteiger partial charge in [-0.3, -0.25) is 4.79 Å². The Labute approximate surface area is 118 Å². The minimum atomic E-state index is -0.996. The lowest BCUT2D eigenvalue weighted by molar-refractivity contribution is -0.169. The average Bonchev–Trinajstić information content (AvgIpc) is 2.46. The van der Waals surface area contributed by atoms with E-state index in [1.807, 2.05) is 18.2 Å². The Balaban J connectivity index is 2.09. The molecule has 0 heterocycles. The maximum absolute atomic E-state index is 12.2. The molecule has 106 valence electrons. The highest BCUT2D eigenvalue weighted by molar-refractivity contribution is 5.80. The predicted octanol–water partition coefficient (Wildman–Crippen LogP) is 2.94. The zero-order valence-corrected chi connectivity index (χ0v) is 11.5. The summed E-state index contributed by atoms with van der Waals surface area (Å²) in [7, 11) is 0. The molecule has 2 unspecified atom stereocenters. The number of hydrogen-bond donors (Lipinski definition) is 0. The van der Waals surface area contributed by atoms with Gasteiger partial charge in [0, 0.05) is 12.5 Å². The molecular formula is C16H18O4. The zero-order valence-electron chi connectivity index (χ0n) is 11.5. The van der Waals surface area contributed by atoms with Crippen molar-refractivity contribution in [2.75, 3.05) is 0 Å². The summed E-state index contributed by atoms with van der Waals surface area (Å²) in [5.41, 5.74) is 0.618. The van der Waals surface area contributed by atoms with Crippen LogP contribution < -0.4 is 0 Å². The molecule has 0 spiro atoms. The topological polar surface area (TPSA) is 52.6 Å². The van der Waals surface area contributed by atoms with Gasteiger partial charge in [-0.1, -0.05) is 36.4 Å². The highest BCUT2D eigenvalue weighted by Gasteiger charge is 2.27. The molecule has 0 saturated carbocycles. The largest absolute Gasteiger partial charge is 0.455 e. The monoisotopic (exact) mass is 274 g/mol. The van der Waals surface area contributed by atoms with Crippen LogP contribution in [0.5, 0.6) is 0 Å². The third-order valence-corrected chi connectivity index (χ3v) is 3.08. The van der Waals surface area contributed by atoms with Crippen LogP contribution in [0.3, 0.4) is 0 Å². The summed E-state index contributed by atoms with van der Waals surface area (Å²) in [6.45, 7) is 1.28. The Morgan fingerprint density at radius 3 is 2.60 bits per heavy atom. The number of hydrogen-bond acceptors (Lipinski definition) is 4. The third kappa shape index (κ3) is 3.95. The first kappa shape index (κ1) is 14.3. The van der Waals surface area contributed by atoms with Crippen LogP contribution in [0, 0.1) is 0 Å². The molecule has 1 aromatic rings. The SMILES string of the molecule is CC(=O)OC(C(=O)OC1C=CCCC1)c1ccccc1. The minimum Gasteiger partial charge on any atom is -0.455 e. The fourth-order valence-corrected chi connectivity index (χ4v) is 2.14. The maximum atomic E-state index is 12.2. The number of allylic oxidation sites excluding steroid dienone is 1. The molecule has 1 aliphatic rings. The molecule has 0 N–H and O–H groups in total. The van der Waals surface area contributed by atoms with Crippen molar-refractivity contribution in [2.24, 2.45) is 0 Å². The number of rotatable bonds is 4. The molecule has 0 bridgehead atoms. The van der Waals surface area contributed by atoms with Gasteiger partial charge in [0.2, 0.25) is 6.10 Å². The van der Waals surface area contributed by atoms with Crippen molar-refractivity contribution in [3.05, 3.63) is 48.0 Å². The molecule has 0 aromatic heterocycles. The van der Waals surface area contributed by atoms with Gasteiger partial charge in [0.15, 0.2) is 0 Å². The summed E-state index contributed by atoms with van der Waals surface area (Å²) in [4.78, 5) is 23.4. The zero-order chi connectivity index (χ0) is 14.4. The van der Waals surface area contributed by atoms with Crippen LogP contribution in [0.15, 0.2) is 42.5 Å². The highest BCUT2D eigenvalue weighted by atomic mass is 16.6. The van der Waals surface area contributed by atoms with E-state index in [1.54, 1.807) is 24.3 Å². The summed E-state index contributed by atoms with van der Waals surface area (Å²) < 4.78 is 10.5. The van der Waals surface area contributed by atoms with Crippen molar-refractivity contribution in [2.45, 2.75) is 38.4 Å². The molecule has 0 fully saturated rings. The van der Waals surface area contributed by atoms with Gasteiger partial charge in [0.25, 0.3) is 0 Å². The molecule has 1 aliphatic carbocycles. The molecular weight excluding hydrogens is 256 g/mol. The summed E-state index contributed by atoms with van der Waals surface area (Å²) >= 11 is 0. The summed E-state index contributed by atoms with van der Waals surface area (Å²) in [5, 5.41) is 0. The van der Waals surface area contributed by atoms with Crippen LogP contribution in [0.1, 0.15) is 37.9 Å². The van der Waals surface area contributed by atoms with E-state index in [0.29, 0.717) is 5.56 Å². The van der Waals surface area contributed by atoms with Crippen LogP contribution in [0.25, 0.3) is 0 Å². The fourth-order valence-electron chi connectivity index (χ4n) is 2.14. The second kappa shape index (κ2) is 6.89. The van der Waals surface area contributed by atoms with Gasteiger partial charge in [0.05, 0.1) is 0 Å². The number of ether oxygens (including phenoxy) is 2. The van der Waals surface area contributed by atoms with E-state index < -0.39 is 18.0 Å². The van der Waals surface area contributed by atoms with Gasteiger partial charge in [-0.25, -0.2) is 4.79 Å². The molecule has 20 heavy (non-hydrogen) atoms. The molecule has 4 heteroatoms. The van der Waals surface area contributed by atoms with Crippen LogP contribution in [-0.2, 0) is 19.1 Å². The Morgan fingerprint density at radius 2 is 2.00 bits per heavy atom. The Morgan fingerprint density at radius 1 is 1.25 bits per heavy atom. The first-order valence-corrected chi connectivity index (χ1v) is 6.76. The second-order valence-corrected chi connectivity index (χ2v) is 4.73. The summed E-state index contributed by atoms with van der Waals surface area (Å²) in [6, 6.07) is 8.90. The van der Waals surface area contributed by atoms with Gasteiger partial charge in [-0.15, -0.1) is 0 Å². The normalized spacial score (nSPS) is 19.1. The number of carbonyl (C=O) groups excluding carboxylic acids is 2. The Hall–Kier alpha value is -2.10.